The van der Waals surface area contributed by atoms with Crippen LogP contribution in [0.1, 0.15) is 55.5 Å². The van der Waals surface area contributed by atoms with E-state index in [-0.39, 0.29) is 47.6 Å². The fourth-order valence-corrected chi connectivity index (χ4v) is 3.85. The summed E-state index contributed by atoms with van der Waals surface area (Å²) in [4.78, 5) is 18.5. The van der Waals surface area contributed by atoms with E-state index in [0.29, 0.717) is 25.1 Å². The number of carbonyl (C=O) groups is 1. The average Bonchev–Trinajstić information content (AvgIpc) is 3.36. The standard InChI is InChI=1S/C20H22F3N5O2/c1-12(2)15-9-14(20(21,22)23)17-18(26-30-19(17)25-15)13-5-3-7-27(10-13)16(29)11-28-8-4-6-24-28/h4,6,8-9,12-13H,3,5,7,10-11H2,1-2H3/t13-/m0/s1. The van der Waals surface area contributed by atoms with E-state index in [1.54, 1.807) is 37.2 Å². The number of fused-ring (bicyclic) bond motifs is 1. The van der Waals surface area contributed by atoms with Gasteiger partial charge in [-0.1, -0.05) is 19.0 Å². The number of hydrogen-bond acceptors (Lipinski definition) is 5. The summed E-state index contributed by atoms with van der Waals surface area (Å²) in [6, 6.07) is 2.81. The van der Waals surface area contributed by atoms with Crippen molar-refractivity contribution in [1.29, 1.82) is 0 Å². The van der Waals surface area contributed by atoms with E-state index in [9.17, 15) is 18.0 Å². The highest BCUT2D eigenvalue weighted by Gasteiger charge is 2.38. The number of likely N-dealkylation sites (tertiary alicyclic amines) is 1. The van der Waals surface area contributed by atoms with Gasteiger partial charge in [0.15, 0.2) is 0 Å². The molecule has 4 heterocycles. The van der Waals surface area contributed by atoms with Crippen LogP contribution in [0, 0.1) is 0 Å². The van der Waals surface area contributed by atoms with E-state index < -0.39 is 11.7 Å². The minimum absolute atomic E-state index is 0.0897. The summed E-state index contributed by atoms with van der Waals surface area (Å²) in [5.74, 6) is -0.670. The van der Waals surface area contributed by atoms with Crippen LogP contribution in [0.25, 0.3) is 11.1 Å². The first-order valence-electron chi connectivity index (χ1n) is 9.86. The minimum Gasteiger partial charge on any atom is -0.340 e. The van der Waals surface area contributed by atoms with Gasteiger partial charge in [-0.25, -0.2) is 4.98 Å². The number of halogens is 3. The van der Waals surface area contributed by atoms with E-state index in [0.717, 1.165) is 6.07 Å². The van der Waals surface area contributed by atoms with E-state index in [1.807, 2.05) is 0 Å². The van der Waals surface area contributed by atoms with Crippen molar-refractivity contribution in [3.05, 3.63) is 41.5 Å². The third-order valence-corrected chi connectivity index (χ3v) is 5.41. The molecule has 160 valence electrons. The van der Waals surface area contributed by atoms with Crippen LogP contribution >= 0.6 is 0 Å². The molecule has 0 saturated carbocycles. The predicted molar refractivity (Wildman–Crippen MR) is 102 cm³/mol. The van der Waals surface area contributed by atoms with Gasteiger partial charge in [-0.3, -0.25) is 9.48 Å². The Morgan fingerprint density at radius 2 is 2.17 bits per heavy atom. The van der Waals surface area contributed by atoms with Gasteiger partial charge in [0.2, 0.25) is 5.91 Å². The van der Waals surface area contributed by atoms with Crippen molar-refractivity contribution in [2.24, 2.45) is 0 Å². The highest BCUT2D eigenvalue weighted by Crippen LogP contribution is 2.40. The molecule has 30 heavy (non-hydrogen) atoms. The van der Waals surface area contributed by atoms with Crippen molar-refractivity contribution < 1.29 is 22.5 Å². The summed E-state index contributed by atoms with van der Waals surface area (Å²) in [7, 11) is 0. The van der Waals surface area contributed by atoms with E-state index >= 15 is 0 Å². The molecule has 0 aliphatic carbocycles. The highest BCUT2D eigenvalue weighted by molar-refractivity contribution is 5.82. The molecular weight excluding hydrogens is 399 g/mol. The lowest BCUT2D eigenvalue weighted by atomic mass is 9.91. The quantitative estimate of drug-likeness (QED) is 0.637. The third kappa shape index (κ3) is 3.90. The number of piperidine rings is 1. The van der Waals surface area contributed by atoms with Gasteiger partial charge in [0.1, 0.15) is 6.54 Å². The maximum Gasteiger partial charge on any atom is 0.417 e. The zero-order chi connectivity index (χ0) is 21.5. The largest absolute Gasteiger partial charge is 0.417 e. The second-order valence-corrected chi connectivity index (χ2v) is 7.88. The summed E-state index contributed by atoms with van der Waals surface area (Å²) in [6.07, 6.45) is 0.0114. The summed E-state index contributed by atoms with van der Waals surface area (Å²) in [5.41, 5.74) is -0.370. The molecule has 0 aromatic carbocycles. The van der Waals surface area contributed by atoms with Gasteiger partial charge in [0.25, 0.3) is 5.71 Å². The molecule has 0 N–H and O–H groups in total. The number of carbonyl (C=O) groups excluding carboxylic acids is 1. The second-order valence-electron chi connectivity index (χ2n) is 7.88. The Morgan fingerprint density at radius 1 is 1.37 bits per heavy atom. The third-order valence-electron chi connectivity index (χ3n) is 5.41. The second kappa shape index (κ2) is 7.73. The monoisotopic (exact) mass is 421 g/mol. The zero-order valence-electron chi connectivity index (χ0n) is 16.7. The molecule has 7 nitrogen and oxygen atoms in total. The Balaban J connectivity index is 1.66. The van der Waals surface area contributed by atoms with Crippen molar-refractivity contribution >= 4 is 17.0 Å². The van der Waals surface area contributed by atoms with Crippen LogP contribution in [0.2, 0.25) is 0 Å². The molecule has 1 fully saturated rings. The van der Waals surface area contributed by atoms with Crippen LogP contribution in [0.5, 0.6) is 0 Å². The lowest BCUT2D eigenvalue weighted by molar-refractivity contribution is -0.136. The molecule has 1 amide bonds. The van der Waals surface area contributed by atoms with E-state index in [1.165, 1.54) is 4.68 Å². The normalized spacial score (nSPS) is 17.8. The van der Waals surface area contributed by atoms with Crippen LogP contribution in [0.4, 0.5) is 13.2 Å². The van der Waals surface area contributed by atoms with E-state index in [2.05, 4.69) is 15.2 Å². The van der Waals surface area contributed by atoms with Gasteiger partial charge in [0, 0.05) is 37.1 Å². The number of rotatable bonds is 4. The number of hydrogen-bond donors (Lipinski definition) is 0. The number of amides is 1. The first-order chi connectivity index (χ1) is 14.2. The lowest BCUT2D eigenvalue weighted by Crippen LogP contribution is -2.41. The SMILES string of the molecule is CC(C)c1cc(C(F)(F)F)c2c([C@H]3CCCN(C(=O)Cn4cccn4)C3)noc2n1. The zero-order valence-corrected chi connectivity index (χ0v) is 16.7. The molecule has 10 heteroatoms. The first kappa shape index (κ1) is 20.4. The van der Waals surface area contributed by atoms with Crippen molar-refractivity contribution in [3.63, 3.8) is 0 Å². The molecular formula is C20H22F3N5O2. The molecule has 4 rings (SSSR count). The van der Waals surface area contributed by atoms with Gasteiger partial charge in [0.05, 0.1) is 16.6 Å². The smallest absolute Gasteiger partial charge is 0.340 e. The van der Waals surface area contributed by atoms with Crippen LogP contribution in [-0.4, -0.2) is 43.8 Å². The maximum absolute atomic E-state index is 13.8. The van der Waals surface area contributed by atoms with Crippen molar-refractivity contribution in [2.75, 3.05) is 13.1 Å². The number of alkyl halides is 3. The van der Waals surface area contributed by atoms with E-state index in [4.69, 9.17) is 4.52 Å². The van der Waals surface area contributed by atoms with Gasteiger partial charge < -0.3 is 9.42 Å². The molecule has 3 aromatic rings. The summed E-state index contributed by atoms with van der Waals surface area (Å²) in [6.45, 7) is 4.47. The van der Waals surface area contributed by atoms with Crippen LogP contribution in [0.3, 0.4) is 0 Å². The molecule has 3 aromatic heterocycles. The molecule has 1 aliphatic heterocycles. The summed E-state index contributed by atoms with van der Waals surface area (Å²) >= 11 is 0. The fraction of sp³-hybridized carbons (Fsp3) is 0.500. The van der Waals surface area contributed by atoms with Gasteiger partial charge in [-0.05, 0) is 30.9 Å². The Kier molecular flexibility index (Phi) is 5.25. The summed E-state index contributed by atoms with van der Waals surface area (Å²) in [5, 5.41) is 7.90. The fourth-order valence-electron chi connectivity index (χ4n) is 3.85. The maximum atomic E-state index is 13.8. The topological polar surface area (TPSA) is 77.0 Å². The summed E-state index contributed by atoms with van der Waals surface area (Å²) < 4.78 is 48.2. The molecule has 0 radical (unpaired) electrons. The number of aromatic nitrogens is 4. The van der Waals surface area contributed by atoms with Gasteiger partial charge in [-0.15, -0.1) is 0 Å². The Morgan fingerprint density at radius 3 is 2.83 bits per heavy atom. The van der Waals surface area contributed by atoms with Gasteiger partial charge >= 0.3 is 6.18 Å². The lowest BCUT2D eigenvalue weighted by Gasteiger charge is -2.32. The number of nitrogens with zero attached hydrogens (tertiary/aromatic N) is 5. The molecule has 1 aliphatic rings. The average molecular weight is 421 g/mol. The Hall–Kier alpha value is -2.91. The molecule has 0 spiro atoms. The van der Waals surface area contributed by atoms with Gasteiger partial charge in [-0.2, -0.15) is 18.3 Å². The molecule has 0 unspecified atom stereocenters. The first-order valence-corrected chi connectivity index (χ1v) is 9.86. The van der Waals surface area contributed by atoms with Crippen LogP contribution in [0.15, 0.2) is 29.0 Å². The Labute approximate surface area is 170 Å². The van der Waals surface area contributed by atoms with Crippen molar-refractivity contribution in [3.8, 4) is 0 Å². The molecule has 0 bridgehead atoms. The van der Waals surface area contributed by atoms with Crippen molar-refractivity contribution in [2.45, 2.75) is 51.2 Å². The Bertz CT molecular complexity index is 1040. The highest BCUT2D eigenvalue weighted by atomic mass is 19.4. The predicted octanol–water partition coefficient (Wildman–Crippen LogP) is 3.97. The van der Waals surface area contributed by atoms with Crippen LogP contribution in [-0.2, 0) is 17.5 Å². The van der Waals surface area contributed by atoms with Crippen LogP contribution < -0.4 is 0 Å². The molecule has 1 saturated heterocycles. The minimum atomic E-state index is -4.56. The van der Waals surface area contributed by atoms with Crippen molar-refractivity contribution in [1.82, 2.24) is 24.8 Å². The molecule has 1 atom stereocenters. The number of pyridine rings is 1.